The van der Waals surface area contributed by atoms with Crippen LogP contribution in [-0.2, 0) is 19.1 Å². The van der Waals surface area contributed by atoms with Crippen LogP contribution in [0.1, 0.15) is 54.9 Å². The van der Waals surface area contributed by atoms with Gasteiger partial charge in [0, 0.05) is 46.7 Å². The van der Waals surface area contributed by atoms with Crippen LogP contribution in [0.15, 0.2) is 58.3 Å². The molecule has 1 N–H and O–H groups in total. The topological polar surface area (TPSA) is 83.1 Å². The molecule has 1 fully saturated rings. The van der Waals surface area contributed by atoms with Crippen LogP contribution in [0.2, 0.25) is 0 Å². The predicted octanol–water partition coefficient (Wildman–Crippen LogP) is 4.85. The maximum atomic E-state index is 13.7. The number of ketones is 1. The second-order valence-corrected chi connectivity index (χ2v) is 10.4. The van der Waals surface area contributed by atoms with Gasteiger partial charge in [-0.2, -0.15) is 0 Å². The molecule has 0 bridgehead atoms. The van der Waals surface area contributed by atoms with E-state index in [-0.39, 0.29) is 24.4 Å². The van der Waals surface area contributed by atoms with Gasteiger partial charge in [0.2, 0.25) is 0 Å². The zero-order valence-corrected chi connectivity index (χ0v) is 21.6. The fraction of sp³-hybridized carbons (Fsp3) is 0.429. The summed E-state index contributed by atoms with van der Waals surface area (Å²) in [6, 6.07) is 9.64. The molecular weight excluding hydrogens is 478 g/mol. The summed E-state index contributed by atoms with van der Waals surface area (Å²) in [6.45, 7) is 2.77. The molecule has 0 unspecified atom stereocenters. The molecule has 0 spiro atoms. The lowest BCUT2D eigenvalue weighted by Crippen LogP contribution is -2.36. The van der Waals surface area contributed by atoms with Gasteiger partial charge in [-0.3, -0.25) is 4.79 Å². The Bertz CT molecular complexity index is 1210. The second-order valence-electron chi connectivity index (χ2n) is 9.38. The van der Waals surface area contributed by atoms with Crippen LogP contribution >= 0.6 is 11.3 Å². The molecular formula is C28H31NO6S. The summed E-state index contributed by atoms with van der Waals surface area (Å²) in [5, 5.41) is 5.44. The Morgan fingerprint density at radius 1 is 1.17 bits per heavy atom. The summed E-state index contributed by atoms with van der Waals surface area (Å²) in [4.78, 5) is 28.4. The number of Topliss-reactive ketones (excluding diaryl/α,β-unsaturated/α-hetero) is 1. The highest BCUT2D eigenvalue weighted by Crippen LogP contribution is 2.47. The van der Waals surface area contributed by atoms with Gasteiger partial charge in [0.15, 0.2) is 17.3 Å². The first-order chi connectivity index (χ1) is 17.5. The van der Waals surface area contributed by atoms with Crippen LogP contribution in [0.25, 0.3) is 0 Å². The number of hydrogen-bond acceptors (Lipinski definition) is 8. The number of ether oxygens (including phenoxy) is 4. The number of methoxy groups -OCH3 is 2. The lowest BCUT2D eigenvalue weighted by molar-refractivity contribution is -0.142. The normalized spacial score (nSPS) is 23.9. The molecule has 1 saturated heterocycles. The molecule has 3 aliphatic rings. The minimum Gasteiger partial charge on any atom is -0.493 e. The van der Waals surface area contributed by atoms with Crippen molar-refractivity contribution in [3.8, 4) is 11.5 Å². The number of carbonyl (C=O) groups is 2. The van der Waals surface area contributed by atoms with E-state index in [1.54, 1.807) is 25.6 Å². The van der Waals surface area contributed by atoms with Crippen molar-refractivity contribution in [1.29, 1.82) is 0 Å². The maximum absolute atomic E-state index is 13.7. The van der Waals surface area contributed by atoms with Gasteiger partial charge >= 0.3 is 5.97 Å². The zero-order chi connectivity index (χ0) is 25.2. The highest BCUT2D eigenvalue weighted by Gasteiger charge is 2.42. The van der Waals surface area contributed by atoms with E-state index in [9.17, 15) is 9.59 Å². The van der Waals surface area contributed by atoms with Crippen molar-refractivity contribution in [3.63, 3.8) is 0 Å². The monoisotopic (exact) mass is 509 g/mol. The molecule has 0 radical (unpaired) electrons. The third-order valence-corrected chi connectivity index (χ3v) is 8.19. The van der Waals surface area contributed by atoms with E-state index >= 15 is 0 Å². The number of hydrogen-bond donors (Lipinski definition) is 1. The number of rotatable bonds is 7. The van der Waals surface area contributed by atoms with Gasteiger partial charge in [-0.25, -0.2) is 4.79 Å². The first-order valence-corrected chi connectivity index (χ1v) is 13.2. The molecule has 2 aromatic rings. The fourth-order valence-corrected chi connectivity index (χ4v) is 6.25. The number of benzene rings is 1. The number of allylic oxidation sites excluding steroid dienone is 3. The molecule has 190 valence electrons. The average molecular weight is 510 g/mol. The van der Waals surface area contributed by atoms with Gasteiger partial charge in [0.05, 0.1) is 25.9 Å². The van der Waals surface area contributed by atoms with E-state index in [1.807, 2.05) is 36.6 Å². The summed E-state index contributed by atoms with van der Waals surface area (Å²) >= 11 is 1.67. The Morgan fingerprint density at radius 3 is 2.69 bits per heavy atom. The van der Waals surface area contributed by atoms with Crippen LogP contribution in [0.5, 0.6) is 11.5 Å². The third-order valence-electron chi connectivity index (χ3n) is 7.16. The minimum absolute atomic E-state index is 0.0406. The molecule has 3 heterocycles. The summed E-state index contributed by atoms with van der Waals surface area (Å²) in [5.74, 6) is 0.291. The number of nitrogens with one attached hydrogen (secondary N) is 1. The molecule has 1 aromatic carbocycles. The van der Waals surface area contributed by atoms with Crippen LogP contribution in [0.4, 0.5) is 0 Å². The van der Waals surface area contributed by atoms with E-state index in [0.29, 0.717) is 47.8 Å². The summed E-state index contributed by atoms with van der Waals surface area (Å²) in [5.41, 5.74) is 3.43. The van der Waals surface area contributed by atoms with E-state index in [1.165, 1.54) is 4.88 Å². The predicted molar refractivity (Wildman–Crippen MR) is 136 cm³/mol. The second kappa shape index (κ2) is 10.5. The zero-order valence-electron chi connectivity index (χ0n) is 20.8. The third kappa shape index (κ3) is 4.67. The molecule has 7 nitrogen and oxygen atoms in total. The molecule has 1 aromatic heterocycles. The standard InChI is InChI=1S/C28H31NO6S/c1-16-25(28(31)35-15-19-6-4-10-34-19)26(17-8-9-22(32-2)23(14-17)33-3)27-20(29-16)12-18(13-21(27)30)24-7-5-11-36-24/h5,7-9,11,14,18-19,26,29H,4,6,10,12-13,15H2,1-3H3/t18-,19-,26-/m0/s1. The molecule has 36 heavy (non-hydrogen) atoms. The average Bonchev–Trinajstić information content (AvgIpc) is 3.60. The lowest BCUT2D eigenvalue weighted by atomic mass is 9.72. The van der Waals surface area contributed by atoms with Crippen molar-refractivity contribution < 1.29 is 28.5 Å². The number of carbonyl (C=O) groups excluding carboxylic acids is 2. The Kier molecular flexibility index (Phi) is 7.16. The van der Waals surface area contributed by atoms with Crippen LogP contribution < -0.4 is 14.8 Å². The van der Waals surface area contributed by atoms with Gasteiger partial charge < -0.3 is 24.3 Å². The largest absolute Gasteiger partial charge is 0.493 e. The number of dihydropyridines is 1. The molecule has 1 aliphatic carbocycles. The van der Waals surface area contributed by atoms with E-state index in [0.717, 1.165) is 24.1 Å². The van der Waals surface area contributed by atoms with Crippen molar-refractivity contribution in [2.75, 3.05) is 27.4 Å². The number of thiophene rings is 1. The first kappa shape index (κ1) is 24.6. The van der Waals surface area contributed by atoms with Gasteiger partial charge in [-0.15, -0.1) is 11.3 Å². The molecule has 8 heteroatoms. The molecule has 5 rings (SSSR count). The lowest BCUT2D eigenvalue weighted by Gasteiger charge is -2.36. The van der Waals surface area contributed by atoms with Crippen molar-refractivity contribution in [1.82, 2.24) is 5.32 Å². The molecule has 2 aliphatic heterocycles. The molecule has 0 saturated carbocycles. The van der Waals surface area contributed by atoms with Crippen molar-refractivity contribution in [2.24, 2.45) is 0 Å². The van der Waals surface area contributed by atoms with Gasteiger partial charge in [0.25, 0.3) is 0 Å². The first-order valence-electron chi connectivity index (χ1n) is 12.3. The Balaban J connectivity index is 1.54. The Labute approximate surface area is 215 Å². The van der Waals surface area contributed by atoms with Crippen molar-refractivity contribution in [3.05, 3.63) is 68.7 Å². The molecule has 0 amide bonds. The van der Waals surface area contributed by atoms with Gasteiger partial charge in [-0.1, -0.05) is 12.1 Å². The summed E-state index contributed by atoms with van der Waals surface area (Å²) in [6.07, 6.45) is 2.88. The van der Waals surface area contributed by atoms with Crippen molar-refractivity contribution >= 4 is 23.1 Å². The fourth-order valence-electron chi connectivity index (χ4n) is 5.42. The highest BCUT2D eigenvalue weighted by molar-refractivity contribution is 7.10. The van der Waals surface area contributed by atoms with E-state index < -0.39 is 11.9 Å². The molecule has 3 atom stereocenters. The van der Waals surface area contributed by atoms with E-state index in [2.05, 4.69) is 11.4 Å². The minimum atomic E-state index is -0.560. The SMILES string of the molecule is COc1ccc([C@H]2C(C(=O)OC[C@@H]3CCCO3)=C(C)NC3=C2C(=O)C[C@@H](c2cccs2)C3)cc1OC. The van der Waals surface area contributed by atoms with Crippen LogP contribution in [0, 0.1) is 0 Å². The van der Waals surface area contributed by atoms with Crippen LogP contribution in [-0.4, -0.2) is 45.3 Å². The van der Waals surface area contributed by atoms with Crippen LogP contribution in [0.3, 0.4) is 0 Å². The maximum Gasteiger partial charge on any atom is 0.336 e. The van der Waals surface area contributed by atoms with Gasteiger partial charge in [0.1, 0.15) is 6.61 Å². The Morgan fingerprint density at radius 2 is 2.00 bits per heavy atom. The summed E-state index contributed by atoms with van der Waals surface area (Å²) < 4.78 is 22.3. The van der Waals surface area contributed by atoms with Crippen molar-refractivity contribution in [2.45, 2.75) is 50.5 Å². The smallest absolute Gasteiger partial charge is 0.336 e. The quantitative estimate of drug-likeness (QED) is 0.534. The number of esters is 1. The highest BCUT2D eigenvalue weighted by atomic mass is 32.1. The summed E-state index contributed by atoms with van der Waals surface area (Å²) in [7, 11) is 3.15. The van der Waals surface area contributed by atoms with E-state index in [4.69, 9.17) is 18.9 Å². The van der Waals surface area contributed by atoms with Gasteiger partial charge in [-0.05, 0) is 55.3 Å². The Hall–Kier alpha value is -3.10.